The van der Waals surface area contributed by atoms with Gasteiger partial charge in [0.05, 0.1) is 12.2 Å². The van der Waals surface area contributed by atoms with E-state index in [-0.39, 0.29) is 0 Å². The minimum Gasteiger partial charge on any atom is -0.338 e. The zero-order chi connectivity index (χ0) is 19.6. The minimum absolute atomic E-state index is 0.422. The number of halogens is 3. The fourth-order valence-corrected chi connectivity index (χ4v) is 2.89. The molecule has 3 amide bonds. The molecule has 0 unspecified atom stereocenters. The molecule has 0 bridgehead atoms. The van der Waals surface area contributed by atoms with Gasteiger partial charge in [-0.2, -0.15) is 0 Å². The normalized spacial score (nSPS) is 10.3. The summed E-state index contributed by atoms with van der Waals surface area (Å²) in [4.78, 5) is 24.4. The molecule has 0 fully saturated rings. The molecule has 0 aromatic heterocycles. The zero-order valence-corrected chi connectivity index (χ0v) is 15.0. The van der Waals surface area contributed by atoms with Gasteiger partial charge in [-0.05, 0) is 36.4 Å². The summed E-state index contributed by atoms with van der Waals surface area (Å²) in [6.07, 6.45) is 0.735. The maximum Gasteiger partial charge on any atom is 0.315 e. The SMILES string of the molecule is O=C(CNC(=O)NCCCSc1ccccc1)Nc1ccc(F)c(F)c1F. The van der Waals surface area contributed by atoms with Crippen molar-refractivity contribution in [3.63, 3.8) is 0 Å². The van der Waals surface area contributed by atoms with Gasteiger partial charge in [0, 0.05) is 11.4 Å². The number of benzene rings is 2. The van der Waals surface area contributed by atoms with Crippen LogP contribution in [-0.2, 0) is 4.79 Å². The molecule has 0 heterocycles. The van der Waals surface area contributed by atoms with Crippen molar-refractivity contribution in [3.05, 3.63) is 59.9 Å². The van der Waals surface area contributed by atoms with Crippen LogP contribution >= 0.6 is 11.8 Å². The lowest BCUT2D eigenvalue weighted by molar-refractivity contribution is -0.115. The lowest BCUT2D eigenvalue weighted by Gasteiger charge is -2.09. The second-order valence-corrected chi connectivity index (χ2v) is 6.56. The number of rotatable bonds is 8. The highest BCUT2D eigenvalue weighted by Crippen LogP contribution is 2.19. The largest absolute Gasteiger partial charge is 0.338 e. The van der Waals surface area contributed by atoms with Crippen molar-refractivity contribution in [2.24, 2.45) is 0 Å². The number of anilines is 1. The Labute approximate surface area is 158 Å². The molecule has 0 spiro atoms. The molecule has 0 radical (unpaired) electrons. The minimum atomic E-state index is -1.67. The van der Waals surface area contributed by atoms with Crippen molar-refractivity contribution in [1.29, 1.82) is 0 Å². The second kappa shape index (κ2) is 10.5. The molecule has 0 aliphatic rings. The van der Waals surface area contributed by atoms with Crippen molar-refractivity contribution in [2.75, 3.05) is 24.2 Å². The van der Waals surface area contributed by atoms with Crippen molar-refractivity contribution >= 4 is 29.4 Å². The molecule has 9 heteroatoms. The van der Waals surface area contributed by atoms with Gasteiger partial charge in [0.15, 0.2) is 17.5 Å². The summed E-state index contributed by atoms with van der Waals surface area (Å²) in [7, 11) is 0. The average molecular weight is 397 g/mol. The van der Waals surface area contributed by atoms with E-state index in [0.29, 0.717) is 12.6 Å². The van der Waals surface area contributed by atoms with Crippen LogP contribution in [0.3, 0.4) is 0 Å². The van der Waals surface area contributed by atoms with Gasteiger partial charge in [0.2, 0.25) is 5.91 Å². The summed E-state index contributed by atoms with van der Waals surface area (Å²) < 4.78 is 39.4. The lowest BCUT2D eigenvalue weighted by Crippen LogP contribution is -2.40. The Morgan fingerprint density at radius 1 is 0.926 bits per heavy atom. The Kier molecular flexibility index (Phi) is 8.00. The Hall–Kier alpha value is -2.68. The molecular formula is C18H18F3N3O2S. The third-order valence-electron chi connectivity index (χ3n) is 3.34. The van der Waals surface area contributed by atoms with Crippen molar-refractivity contribution in [3.8, 4) is 0 Å². The average Bonchev–Trinajstić information content (AvgIpc) is 2.67. The summed E-state index contributed by atoms with van der Waals surface area (Å²) in [5, 5.41) is 6.95. The van der Waals surface area contributed by atoms with Crippen LogP contribution in [-0.4, -0.2) is 30.8 Å². The molecule has 2 rings (SSSR count). The first-order chi connectivity index (χ1) is 13.0. The Balaban J connectivity index is 1.62. The van der Waals surface area contributed by atoms with E-state index in [4.69, 9.17) is 0 Å². The van der Waals surface area contributed by atoms with Gasteiger partial charge in [0.1, 0.15) is 0 Å². The van der Waals surface area contributed by atoms with Gasteiger partial charge >= 0.3 is 6.03 Å². The number of urea groups is 1. The van der Waals surface area contributed by atoms with Crippen LogP contribution in [0.25, 0.3) is 0 Å². The van der Waals surface area contributed by atoms with Gasteiger partial charge in [0.25, 0.3) is 0 Å². The number of carbonyl (C=O) groups excluding carboxylic acids is 2. The first-order valence-corrected chi connectivity index (χ1v) is 9.09. The predicted molar refractivity (Wildman–Crippen MR) is 98.1 cm³/mol. The Morgan fingerprint density at radius 3 is 2.41 bits per heavy atom. The van der Waals surface area contributed by atoms with Crippen LogP contribution in [0.15, 0.2) is 47.4 Å². The van der Waals surface area contributed by atoms with Gasteiger partial charge < -0.3 is 16.0 Å². The van der Waals surface area contributed by atoms with E-state index in [1.807, 2.05) is 30.3 Å². The van der Waals surface area contributed by atoms with Crippen LogP contribution in [0.5, 0.6) is 0 Å². The number of hydrogen-bond acceptors (Lipinski definition) is 3. The lowest BCUT2D eigenvalue weighted by atomic mass is 10.2. The fraction of sp³-hybridized carbons (Fsp3) is 0.222. The van der Waals surface area contributed by atoms with Gasteiger partial charge in [-0.15, -0.1) is 11.8 Å². The van der Waals surface area contributed by atoms with Crippen LogP contribution < -0.4 is 16.0 Å². The second-order valence-electron chi connectivity index (χ2n) is 5.40. The highest BCUT2D eigenvalue weighted by atomic mass is 32.2. The molecule has 3 N–H and O–H groups in total. The van der Waals surface area contributed by atoms with Crippen LogP contribution in [0, 0.1) is 17.5 Å². The maximum atomic E-state index is 13.5. The molecule has 2 aromatic rings. The van der Waals surface area contributed by atoms with E-state index in [1.54, 1.807) is 11.8 Å². The molecule has 0 saturated heterocycles. The van der Waals surface area contributed by atoms with E-state index < -0.39 is 41.6 Å². The van der Waals surface area contributed by atoms with Crippen molar-refractivity contribution in [2.45, 2.75) is 11.3 Å². The number of carbonyl (C=O) groups is 2. The predicted octanol–water partition coefficient (Wildman–Crippen LogP) is 3.52. The highest BCUT2D eigenvalue weighted by molar-refractivity contribution is 7.99. The van der Waals surface area contributed by atoms with E-state index in [2.05, 4.69) is 16.0 Å². The number of nitrogens with one attached hydrogen (secondary N) is 3. The quantitative estimate of drug-likeness (QED) is 0.363. The molecule has 0 saturated carbocycles. The third-order valence-corrected chi connectivity index (χ3v) is 4.44. The number of hydrogen-bond donors (Lipinski definition) is 3. The van der Waals surface area contributed by atoms with Crippen LogP contribution in [0.4, 0.5) is 23.7 Å². The summed E-state index contributed by atoms with van der Waals surface area (Å²) in [5.41, 5.74) is -0.501. The van der Waals surface area contributed by atoms with E-state index in [0.717, 1.165) is 23.1 Å². The molecule has 2 aromatic carbocycles. The monoisotopic (exact) mass is 397 g/mol. The van der Waals surface area contributed by atoms with Crippen LogP contribution in [0.2, 0.25) is 0 Å². The van der Waals surface area contributed by atoms with E-state index >= 15 is 0 Å². The van der Waals surface area contributed by atoms with Gasteiger partial charge in [-0.3, -0.25) is 4.79 Å². The molecule has 27 heavy (non-hydrogen) atoms. The topological polar surface area (TPSA) is 70.2 Å². The first-order valence-electron chi connectivity index (χ1n) is 8.10. The number of thioether (sulfide) groups is 1. The summed E-state index contributed by atoms with van der Waals surface area (Å²) in [6.45, 7) is -0.0197. The molecular weight excluding hydrogens is 379 g/mol. The maximum absolute atomic E-state index is 13.5. The Morgan fingerprint density at radius 2 is 1.67 bits per heavy atom. The molecule has 0 atom stereocenters. The zero-order valence-electron chi connectivity index (χ0n) is 14.2. The van der Waals surface area contributed by atoms with Crippen molar-refractivity contribution < 1.29 is 22.8 Å². The number of amides is 3. The molecule has 0 aliphatic carbocycles. The standard InChI is InChI=1S/C18H18F3N3O2S/c19-13-7-8-14(17(21)16(13)20)24-15(25)11-23-18(26)22-9-4-10-27-12-5-2-1-3-6-12/h1-3,5-8H,4,9-11H2,(H,24,25)(H2,22,23,26). The van der Waals surface area contributed by atoms with Gasteiger partial charge in [-0.1, -0.05) is 18.2 Å². The van der Waals surface area contributed by atoms with Crippen LogP contribution in [0.1, 0.15) is 6.42 Å². The Bertz CT molecular complexity index is 791. The highest BCUT2D eigenvalue weighted by Gasteiger charge is 2.15. The fourth-order valence-electron chi connectivity index (χ4n) is 2.02. The summed E-state index contributed by atoms with van der Waals surface area (Å²) in [5.74, 6) is -4.47. The first kappa shape index (κ1) is 20.6. The van der Waals surface area contributed by atoms with Gasteiger partial charge in [-0.25, -0.2) is 18.0 Å². The smallest absolute Gasteiger partial charge is 0.315 e. The summed E-state index contributed by atoms with van der Waals surface area (Å²) >= 11 is 1.67. The van der Waals surface area contributed by atoms with Crippen molar-refractivity contribution in [1.82, 2.24) is 10.6 Å². The summed E-state index contributed by atoms with van der Waals surface area (Å²) in [6, 6.07) is 10.9. The van der Waals surface area contributed by atoms with E-state index in [1.165, 1.54) is 0 Å². The van der Waals surface area contributed by atoms with E-state index in [9.17, 15) is 22.8 Å². The molecule has 0 aliphatic heterocycles. The molecule has 5 nitrogen and oxygen atoms in total. The molecule has 144 valence electrons. The third kappa shape index (κ3) is 6.86.